The van der Waals surface area contributed by atoms with E-state index in [0.29, 0.717) is 5.41 Å². The molecule has 0 saturated heterocycles. The van der Waals surface area contributed by atoms with E-state index in [-0.39, 0.29) is 6.10 Å². The van der Waals surface area contributed by atoms with Crippen LogP contribution in [0.4, 0.5) is 0 Å². The topological polar surface area (TPSA) is 39.9 Å². The van der Waals surface area contributed by atoms with Crippen molar-refractivity contribution in [2.75, 3.05) is 0 Å². The largest absolute Gasteiger partial charge is 0.482 e. The number of fused-ring (bicyclic) bond motifs is 2. The number of aryl methyl sites for hydroxylation is 1. The SMILES string of the molecule is CC1(C)CCc2nnc(C3Cc4ccccc4O3)n2C1. The molecule has 4 heteroatoms. The van der Waals surface area contributed by atoms with E-state index in [1.807, 2.05) is 12.1 Å². The molecule has 0 spiro atoms. The van der Waals surface area contributed by atoms with Crippen LogP contribution in [0.1, 0.15) is 43.6 Å². The minimum Gasteiger partial charge on any atom is -0.482 e. The van der Waals surface area contributed by atoms with Crippen LogP contribution >= 0.6 is 0 Å². The first-order valence-electron chi connectivity index (χ1n) is 7.29. The third-order valence-corrected chi connectivity index (χ3v) is 4.40. The van der Waals surface area contributed by atoms with Crippen LogP contribution in [0.25, 0.3) is 0 Å². The Bertz CT molecular complexity index is 634. The normalized spacial score (nSPS) is 23.0. The first-order chi connectivity index (χ1) is 9.62. The van der Waals surface area contributed by atoms with Gasteiger partial charge >= 0.3 is 0 Å². The van der Waals surface area contributed by atoms with E-state index in [1.165, 1.54) is 12.0 Å². The number of nitrogens with zero attached hydrogens (tertiary/aromatic N) is 3. The maximum absolute atomic E-state index is 6.06. The maximum atomic E-state index is 6.06. The van der Waals surface area contributed by atoms with E-state index >= 15 is 0 Å². The van der Waals surface area contributed by atoms with Gasteiger partial charge in [0.1, 0.15) is 11.6 Å². The Hall–Kier alpha value is -1.84. The van der Waals surface area contributed by atoms with Gasteiger partial charge < -0.3 is 9.30 Å². The molecule has 0 amide bonds. The van der Waals surface area contributed by atoms with Crippen LogP contribution in [0, 0.1) is 5.41 Å². The molecule has 2 aliphatic rings. The summed E-state index contributed by atoms with van der Waals surface area (Å²) < 4.78 is 8.34. The lowest BCUT2D eigenvalue weighted by Gasteiger charge is -2.31. The summed E-state index contributed by atoms with van der Waals surface area (Å²) in [5.74, 6) is 3.09. The minimum absolute atomic E-state index is 0.0162. The highest BCUT2D eigenvalue weighted by atomic mass is 16.5. The molecule has 1 atom stereocenters. The van der Waals surface area contributed by atoms with Gasteiger partial charge in [0.15, 0.2) is 11.9 Å². The van der Waals surface area contributed by atoms with Crippen molar-refractivity contribution in [3.8, 4) is 5.75 Å². The maximum Gasteiger partial charge on any atom is 0.174 e. The third-order valence-electron chi connectivity index (χ3n) is 4.40. The van der Waals surface area contributed by atoms with Gasteiger partial charge in [-0.2, -0.15) is 0 Å². The summed E-state index contributed by atoms with van der Waals surface area (Å²) in [5, 5.41) is 8.78. The van der Waals surface area contributed by atoms with Crippen LogP contribution < -0.4 is 4.74 Å². The molecule has 0 N–H and O–H groups in total. The quantitative estimate of drug-likeness (QED) is 0.799. The summed E-state index contributed by atoms with van der Waals surface area (Å²) >= 11 is 0. The van der Waals surface area contributed by atoms with Gasteiger partial charge in [-0.05, 0) is 23.5 Å². The first kappa shape index (κ1) is 11.9. The second-order valence-electron chi connectivity index (χ2n) is 6.64. The van der Waals surface area contributed by atoms with Crippen LogP contribution in [-0.2, 0) is 19.4 Å². The number of rotatable bonds is 1. The first-order valence-corrected chi connectivity index (χ1v) is 7.29. The highest BCUT2D eigenvalue weighted by Gasteiger charge is 2.34. The monoisotopic (exact) mass is 269 g/mol. The lowest BCUT2D eigenvalue weighted by atomic mass is 9.85. The number of para-hydroxylation sites is 1. The number of hydrogen-bond acceptors (Lipinski definition) is 3. The summed E-state index contributed by atoms with van der Waals surface area (Å²) in [4.78, 5) is 0. The molecule has 0 bridgehead atoms. The molecule has 1 unspecified atom stereocenters. The van der Waals surface area contributed by atoms with Crippen molar-refractivity contribution < 1.29 is 4.74 Å². The van der Waals surface area contributed by atoms with E-state index in [2.05, 4.69) is 40.7 Å². The van der Waals surface area contributed by atoms with Gasteiger partial charge in [-0.1, -0.05) is 32.0 Å². The van der Waals surface area contributed by atoms with Gasteiger partial charge in [-0.15, -0.1) is 10.2 Å². The Kier molecular flexibility index (Phi) is 2.43. The van der Waals surface area contributed by atoms with Gasteiger partial charge in [-0.25, -0.2) is 0 Å². The molecule has 104 valence electrons. The third kappa shape index (κ3) is 1.82. The van der Waals surface area contributed by atoms with Gasteiger partial charge in [0.2, 0.25) is 0 Å². The minimum atomic E-state index is 0.0162. The van der Waals surface area contributed by atoms with E-state index in [9.17, 15) is 0 Å². The van der Waals surface area contributed by atoms with Crippen molar-refractivity contribution in [3.05, 3.63) is 41.5 Å². The summed E-state index contributed by atoms with van der Waals surface area (Å²) in [6.45, 7) is 5.61. The molecule has 0 aliphatic carbocycles. The van der Waals surface area contributed by atoms with Crippen molar-refractivity contribution in [2.45, 2.75) is 45.8 Å². The molecule has 4 rings (SSSR count). The fourth-order valence-electron chi connectivity index (χ4n) is 3.23. The van der Waals surface area contributed by atoms with Crippen molar-refractivity contribution in [3.63, 3.8) is 0 Å². The van der Waals surface area contributed by atoms with Crippen LogP contribution in [0.5, 0.6) is 5.75 Å². The molecule has 4 nitrogen and oxygen atoms in total. The van der Waals surface area contributed by atoms with E-state index in [4.69, 9.17) is 4.74 Å². The molecule has 1 aromatic heterocycles. The zero-order chi connectivity index (χ0) is 13.7. The molecule has 2 aromatic rings. The summed E-state index contributed by atoms with van der Waals surface area (Å²) in [5.41, 5.74) is 1.58. The van der Waals surface area contributed by atoms with Gasteiger partial charge in [0, 0.05) is 19.4 Å². The Morgan fingerprint density at radius 3 is 2.95 bits per heavy atom. The second-order valence-corrected chi connectivity index (χ2v) is 6.64. The van der Waals surface area contributed by atoms with Crippen LogP contribution in [0.3, 0.4) is 0 Å². The Morgan fingerprint density at radius 1 is 1.25 bits per heavy atom. The van der Waals surface area contributed by atoms with Crippen LogP contribution in [-0.4, -0.2) is 14.8 Å². The zero-order valence-corrected chi connectivity index (χ0v) is 12.0. The van der Waals surface area contributed by atoms with E-state index in [1.54, 1.807) is 0 Å². The zero-order valence-electron chi connectivity index (χ0n) is 12.0. The predicted octanol–water partition coefficient (Wildman–Crippen LogP) is 2.93. The van der Waals surface area contributed by atoms with Crippen LogP contribution in [0.15, 0.2) is 24.3 Å². The number of hydrogen-bond donors (Lipinski definition) is 0. The molecule has 0 fully saturated rings. The molecular formula is C16H19N3O. The molecule has 0 radical (unpaired) electrons. The average molecular weight is 269 g/mol. The fraction of sp³-hybridized carbons (Fsp3) is 0.500. The number of ether oxygens (including phenoxy) is 1. The van der Waals surface area contributed by atoms with Crippen LogP contribution in [0.2, 0.25) is 0 Å². The highest BCUT2D eigenvalue weighted by Crippen LogP contribution is 2.38. The molecular weight excluding hydrogens is 250 g/mol. The van der Waals surface area contributed by atoms with Gasteiger partial charge in [0.05, 0.1) is 0 Å². The number of benzene rings is 1. The Morgan fingerprint density at radius 2 is 2.10 bits per heavy atom. The smallest absolute Gasteiger partial charge is 0.174 e. The van der Waals surface area contributed by atoms with Gasteiger partial charge in [0.25, 0.3) is 0 Å². The van der Waals surface area contributed by atoms with Crippen molar-refractivity contribution >= 4 is 0 Å². The molecule has 2 aliphatic heterocycles. The fourth-order valence-corrected chi connectivity index (χ4v) is 3.23. The molecule has 1 aromatic carbocycles. The highest BCUT2D eigenvalue weighted by molar-refractivity contribution is 5.38. The number of aromatic nitrogens is 3. The van der Waals surface area contributed by atoms with Gasteiger partial charge in [-0.3, -0.25) is 0 Å². The Labute approximate surface area is 118 Å². The van der Waals surface area contributed by atoms with Crippen molar-refractivity contribution in [1.29, 1.82) is 0 Å². The average Bonchev–Trinajstić information content (AvgIpc) is 2.99. The van der Waals surface area contributed by atoms with E-state index < -0.39 is 0 Å². The second kappa shape index (κ2) is 4.08. The molecule has 20 heavy (non-hydrogen) atoms. The lowest BCUT2D eigenvalue weighted by molar-refractivity contribution is 0.197. The Balaban J connectivity index is 1.67. The molecule has 0 saturated carbocycles. The summed E-state index contributed by atoms with van der Waals surface area (Å²) in [7, 11) is 0. The summed E-state index contributed by atoms with van der Waals surface area (Å²) in [6.07, 6.45) is 3.10. The standard InChI is InChI=1S/C16H19N3O/c1-16(2)8-7-14-17-18-15(19(14)10-16)13-9-11-5-3-4-6-12(11)20-13/h3-6,13H,7-10H2,1-2H3. The van der Waals surface area contributed by atoms with E-state index in [0.717, 1.165) is 36.8 Å². The van der Waals surface area contributed by atoms with Crippen molar-refractivity contribution in [1.82, 2.24) is 14.8 Å². The molecule has 3 heterocycles. The summed E-state index contributed by atoms with van der Waals surface area (Å²) in [6, 6.07) is 8.25. The lowest BCUT2D eigenvalue weighted by Crippen LogP contribution is -2.29. The predicted molar refractivity (Wildman–Crippen MR) is 75.6 cm³/mol. The van der Waals surface area contributed by atoms with Crippen molar-refractivity contribution in [2.24, 2.45) is 5.41 Å².